The summed E-state index contributed by atoms with van der Waals surface area (Å²) in [5.41, 5.74) is 6.35. The van der Waals surface area contributed by atoms with Crippen LogP contribution >= 0.6 is 15.9 Å². The van der Waals surface area contributed by atoms with Crippen molar-refractivity contribution >= 4 is 44.7 Å². The number of hydrogen-bond donors (Lipinski definition) is 3. The number of methoxy groups -OCH3 is 1. The molecule has 0 atom stereocenters. The van der Waals surface area contributed by atoms with Crippen molar-refractivity contribution < 1.29 is 22.7 Å². The highest BCUT2D eigenvalue weighted by atomic mass is 79.9. The van der Waals surface area contributed by atoms with Crippen LogP contribution in [0.15, 0.2) is 58.5 Å². The number of nitrogens with one attached hydrogen (secondary N) is 2. The second-order valence-corrected chi connectivity index (χ2v) is 9.59. The number of nitrogens with two attached hydrogens (primary N) is 1. The zero-order valence-corrected chi connectivity index (χ0v) is 25.5. The molecular weight excluding hydrogens is 665 g/mol. The molecule has 0 saturated heterocycles. The fourth-order valence-corrected chi connectivity index (χ4v) is 4.18. The standard InChI is InChI=1S/C9H8FN3O2.C7H5BrFN3.C7H6FN3O.C3H5N3/c1-5-7(10)8(9(14)15-2)13-6(12-5)3-4-11-13;1-4-6(9)7(8)12-5(11-4)2-3-10-12;1-4-6(8)7(12)11-5(10-4)2-3-9-11;4-3-1-2-5-6-3/h3-4H,1-2H3;2-3H,1H3;2-3,9H,1H3;1-2H,(H3,4,5,6). The molecule has 19 heteroatoms. The van der Waals surface area contributed by atoms with Gasteiger partial charge in [-0.05, 0) is 42.8 Å². The number of nitrogens with zero attached hydrogens (tertiary/aromatic N) is 9. The van der Waals surface area contributed by atoms with Crippen molar-refractivity contribution in [3.8, 4) is 0 Å². The first-order valence-electron chi connectivity index (χ1n) is 12.6. The first-order valence-corrected chi connectivity index (χ1v) is 13.4. The molecule has 7 rings (SSSR count). The van der Waals surface area contributed by atoms with Crippen LogP contribution in [0, 0.1) is 38.2 Å². The number of esters is 1. The van der Waals surface area contributed by atoms with Gasteiger partial charge in [0.25, 0.3) is 0 Å². The van der Waals surface area contributed by atoms with Gasteiger partial charge < -0.3 is 10.5 Å². The molecule has 0 amide bonds. The van der Waals surface area contributed by atoms with Gasteiger partial charge >= 0.3 is 11.5 Å². The molecule has 234 valence electrons. The molecular formula is C26H24BrF3N12O3. The first-order chi connectivity index (χ1) is 21.4. The Morgan fingerprint density at radius 1 is 0.844 bits per heavy atom. The number of H-pyrrole nitrogens is 2. The number of halogens is 4. The van der Waals surface area contributed by atoms with Crippen LogP contribution in [0.4, 0.5) is 19.0 Å². The van der Waals surface area contributed by atoms with E-state index < -0.39 is 23.2 Å². The molecule has 7 aromatic rings. The number of aromatic nitrogens is 11. The molecule has 0 bridgehead atoms. The highest BCUT2D eigenvalue weighted by molar-refractivity contribution is 9.10. The van der Waals surface area contributed by atoms with Gasteiger partial charge in [0.05, 0.1) is 42.8 Å². The van der Waals surface area contributed by atoms with Crippen LogP contribution < -0.4 is 11.3 Å². The lowest BCUT2D eigenvalue weighted by Gasteiger charge is -2.05. The van der Waals surface area contributed by atoms with E-state index >= 15 is 0 Å². The Morgan fingerprint density at radius 2 is 1.42 bits per heavy atom. The number of carbonyl (C=O) groups excluding carboxylic acids is 1. The number of hydrogen-bond acceptors (Lipinski definition) is 10. The lowest BCUT2D eigenvalue weighted by molar-refractivity contribution is 0.0584. The normalized spacial score (nSPS) is 10.5. The first kappa shape index (κ1) is 32.3. The van der Waals surface area contributed by atoms with Gasteiger partial charge in [0.2, 0.25) is 5.82 Å². The van der Waals surface area contributed by atoms with E-state index in [0.29, 0.717) is 33.1 Å². The van der Waals surface area contributed by atoms with Crippen molar-refractivity contribution in [2.75, 3.05) is 12.8 Å². The van der Waals surface area contributed by atoms with E-state index in [-0.39, 0.29) is 22.9 Å². The quantitative estimate of drug-likeness (QED) is 0.170. The van der Waals surface area contributed by atoms with Gasteiger partial charge in [0.15, 0.2) is 34.3 Å². The van der Waals surface area contributed by atoms with Crippen LogP contribution in [0.2, 0.25) is 0 Å². The summed E-state index contributed by atoms with van der Waals surface area (Å²) in [6.45, 7) is 4.56. The molecule has 0 aliphatic rings. The smallest absolute Gasteiger partial charge is 0.359 e. The molecule has 0 spiro atoms. The van der Waals surface area contributed by atoms with Gasteiger partial charge in [-0.3, -0.25) is 15.0 Å². The summed E-state index contributed by atoms with van der Waals surface area (Å²) in [5.74, 6) is -2.05. The lowest BCUT2D eigenvalue weighted by Crippen LogP contribution is -2.20. The predicted octanol–water partition coefficient (Wildman–Crippen LogP) is 3.36. The van der Waals surface area contributed by atoms with E-state index in [9.17, 15) is 22.8 Å². The van der Waals surface area contributed by atoms with Gasteiger partial charge in [0.1, 0.15) is 10.4 Å². The average Bonchev–Trinajstić information content (AvgIpc) is 3.85. The van der Waals surface area contributed by atoms with E-state index in [1.54, 1.807) is 43.6 Å². The van der Waals surface area contributed by atoms with Gasteiger partial charge in [-0.25, -0.2) is 37.6 Å². The summed E-state index contributed by atoms with van der Waals surface area (Å²) in [4.78, 5) is 34.2. The summed E-state index contributed by atoms with van der Waals surface area (Å²) in [5, 5.41) is 16.3. The summed E-state index contributed by atoms with van der Waals surface area (Å²) in [6, 6.07) is 6.60. The minimum Gasteiger partial charge on any atom is -0.464 e. The summed E-state index contributed by atoms with van der Waals surface area (Å²) < 4.78 is 48.1. The van der Waals surface area contributed by atoms with Crippen LogP contribution in [-0.2, 0) is 4.74 Å². The number of fused-ring (bicyclic) bond motifs is 3. The minimum atomic E-state index is -0.810. The molecule has 7 heterocycles. The van der Waals surface area contributed by atoms with Crippen molar-refractivity contribution in [2.24, 2.45) is 0 Å². The molecule has 45 heavy (non-hydrogen) atoms. The van der Waals surface area contributed by atoms with Crippen molar-refractivity contribution in [2.45, 2.75) is 20.8 Å². The van der Waals surface area contributed by atoms with Crippen molar-refractivity contribution in [1.82, 2.24) is 54.0 Å². The third kappa shape index (κ3) is 6.98. The summed E-state index contributed by atoms with van der Waals surface area (Å²) in [7, 11) is 1.19. The van der Waals surface area contributed by atoms with E-state index in [4.69, 9.17) is 5.73 Å². The van der Waals surface area contributed by atoms with Crippen molar-refractivity contribution in [1.29, 1.82) is 0 Å². The monoisotopic (exact) mass is 688 g/mol. The Morgan fingerprint density at radius 3 is 2.00 bits per heavy atom. The third-order valence-electron chi connectivity index (χ3n) is 5.79. The number of carbonyl (C=O) groups is 1. The lowest BCUT2D eigenvalue weighted by atomic mass is 10.3. The van der Waals surface area contributed by atoms with Crippen molar-refractivity contribution in [3.05, 3.63) is 104 Å². The second kappa shape index (κ2) is 13.8. The number of aryl methyl sites for hydroxylation is 3. The zero-order chi connectivity index (χ0) is 32.8. The van der Waals surface area contributed by atoms with Crippen LogP contribution in [-0.4, -0.2) is 67.1 Å². The third-order valence-corrected chi connectivity index (χ3v) is 6.47. The SMILES string of the molecule is COC(=O)c1c(F)c(C)nc2ccnn12.Cc1nc2cc[nH]n2c(=O)c1F.Cc1nc2ccnn2c(Br)c1F.Nc1ccn[nH]1. The average molecular weight is 689 g/mol. The van der Waals surface area contributed by atoms with Crippen LogP contribution in [0.5, 0.6) is 0 Å². The Kier molecular flexibility index (Phi) is 9.91. The summed E-state index contributed by atoms with van der Waals surface area (Å²) >= 11 is 3.10. The Balaban J connectivity index is 0.000000142. The second-order valence-electron chi connectivity index (χ2n) is 8.84. The van der Waals surface area contributed by atoms with Gasteiger partial charge in [-0.2, -0.15) is 24.2 Å². The molecule has 0 aliphatic heterocycles. The van der Waals surface area contributed by atoms with Crippen LogP contribution in [0.3, 0.4) is 0 Å². The maximum Gasteiger partial charge on any atom is 0.359 e. The van der Waals surface area contributed by atoms with Gasteiger partial charge in [0, 0.05) is 24.4 Å². The van der Waals surface area contributed by atoms with E-state index in [1.165, 1.54) is 37.9 Å². The molecule has 7 aromatic heterocycles. The fourth-order valence-electron chi connectivity index (χ4n) is 3.62. The van der Waals surface area contributed by atoms with Gasteiger partial charge in [-0.15, -0.1) is 0 Å². The molecule has 0 unspecified atom stereocenters. The predicted molar refractivity (Wildman–Crippen MR) is 158 cm³/mol. The molecule has 0 aromatic carbocycles. The fraction of sp³-hybridized carbons (Fsp3) is 0.154. The van der Waals surface area contributed by atoms with Crippen molar-refractivity contribution in [3.63, 3.8) is 0 Å². The molecule has 0 saturated carbocycles. The number of nitrogen functional groups attached to an aromatic ring is 1. The molecule has 15 nitrogen and oxygen atoms in total. The topological polar surface area (TPSA) is 192 Å². The molecule has 0 fully saturated rings. The Bertz CT molecular complexity index is 2160. The highest BCUT2D eigenvalue weighted by Gasteiger charge is 2.20. The van der Waals surface area contributed by atoms with Crippen LogP contribution in [0.1, 0.15) is 27.6 Å². The van der Waals surface area contributed by atoms with Crippen LogP contribution in [0.25, 0.3) is 16.9 Å². The maximum absolute atomic E-state index is 13.6. The van der Waals surface area contributed by atoms with E-state index in [1.807, 2.05) is 0 Å². The van der Waals surface area contributed by atoms with E-state index in [0.717, 1.165) is 9.03 Å². The Labute approximate surface area is 259 Å². The molecule has 0 radical (unpaired) electrons. The van der Waals surface area contributed by atoms with E-state index in [2.05, 4.69) is 61.1 Å². The Hall–Kier alpha value is -5.59. The van der Waals surface area contributed by atoms with Gasteiger partial charge in [-0.1, -0.05) is 0 Å². The number of aromatic amines is 2. The largest absolute Gasteiger partial charge is 0.464 e. The molecule has 0 aliphatic carbocycles. The highest BCUT2D eigenvalue weighted by Crippen LogP contribution is 2.18. The molecule has 4 N–H and O–H groups in total. The summed E-state index contributed by atoms with van der Waals surface area (Å²) in [6.07, 6.45) is 6.15. The number of ether oxygens (including phenoxy) is 1. The minimum absolute atomic E-state index is 0.125. The number of anilines is 1. The zero-order valence-electron chi connectivity index (χ0n) is 24.0. The maximum atomic E-state index is 13.6. The number of rotatable bonds is 1.